The third kappa shape index (κ3) is 3.09. The molecule has 0 atom stereocenters. The summed E-state index contributed by atoms with van der Waals surface area (Å²) in [5.41, 5.74) is 0.930. The average Bonchev–Trinajstić information content (AvgIpc) is 2.41. The first kappa shape index (κ1) is 13.9. The number of benzene rings is 2. The number of ether oxygens (including phenoxy) is 2. The van der Waals surface area contributed by atoms with Gasteiger partial charge in [-0.05, 0) is 49.7 Å². The van der Waals surface area contributed by atoms with Crippen LogP contribution in [-0.4, -0.2) is 17.7 Å². The number of carboxylic acid groups (broad SMARTS) is 1. The van der Waals surface area contributed by atoms with E-state index >= 15 is 0 Å². The smallest absolute Gasteiger partial charge is 0.335 e. The van der Waals surface area contributed by atoms with Crippen LogP contribution in [0.25, 0.3) is 0 Å². The first-order valence-corrected chi connectivity index (χ1v) is 6.35. The standard InChI is InChI=1S/C16H16O4/c1-3-19-14-6-4-5-7-15(14)20-12-8-9-13(16(17)18)11(2)10-12/h4-10H,3H2,1-2H3,(H,17,18). The second-order valence-electron chi connectivity index (χ2n) is 4.26. The maximum atomic E-state index is 11.0. The number of carbonyl (C=O) groups is 1. The van der Waals surface area contributed by atoms with Crippen LogP contribution in [0.15, 0.2) is 42.5 Å². The molecule has 1 N–H and O–H groups in total. The van der Waals surface area contributed by atoms with Crippen molar-refractivity contribution in [2.45, 2.75) is 13.8 Å². The van der Waals surface area contributed by atoms with Crippen LogP contribution in [0.1, 0.15) is 22.8 Å². The van der Waals surface area contributed by atoms with Gasteiger partial charge in [-0.15, -0.1) is 0 Å². The number of rotatable bonds is 5. The Morgan fingerprint density at radius 2 is 1.85 bits per heavy atom. The molecule has 0 saturated heterocycles. The van der Waals surface area contributed by atoms with Gasteiger partial charge in [0.05, 0.1) is 12.2 Å². The van der Waals surface area contributed by atoms with Gasteiger partial charge in [-0.1, -0.05) is 12.1 Å². The summed E-state index contributed by atoms with van der Waals surface area (Å²) in [4.78, 5) is 11.0. The summed E-state index contributed by atoms with van der Waals surface area (Å²) in [5.74, 6) is 0.912. The highest BCUT2D eigenvalue weighted by Crippen LogP contribution is 2.31. The molecule has 0 aromatic heterocycles. The summed E-state index contributed by atoms with van der Waals surface area (Å²) in [6, 6.07) is 12.2. The van der Waals surface area contributed by atoms with E-state index in [0.29, 0.717) is 29.4 Å². The number of hydrogen-bond donors (Lipinski definition) is 1. The molecular weight excluding hydrogens is 256 g/mol. The van der Waals surface area contributed by atoms with E-state index < -0.39 is 5.97 Å². The van der Waals surface area contributed by atoms with Crippen molar-refractivity contribution >= 4 is 5.97 Å². The Hall–Kier alpha value is -2.49. The Labute approximate surface area is 117 Å². The van der Waals surface area contributed by atoms with Crippen molar-refractivity contribution in [1.82, 2.24) is 0 Å². The molecule has 0 bridgehead atoms. The van der Waals surface area contributed by atoms with Gasteiger partial charge in [0, 0.05) is 0 Å². The van der Waals surface area contributed by atoms with Gasteiger partial charge in [-0.25, -0.2) is 4.79 Å². The summed E-state index contributed by atoms with van der Waals surface area (Å²) in [6.07, 6.45) is 0. The lowest BCUT2D eigenvalue weighted by molar-refractivity contribution is 0.0696. The van der Waals surface area contributed by atoms with Crippen molar-refractivity contribution in [3.05, 3.63) is 53.6 Å². The van der Waals surface area contributed by atoms with Crippen molar-refractivity contribution in [3.63, 3.8) is 0 Å². The molecular formula is C16H16O4. The third-order valence-electron chi connectivity index (χ3n) is 2.81. The molecule has 4 nitrogen and oxygen atoms in total. The predicted octanol–water partition coefficient (Wildman–Crippen LogP) is 3.88. The highest BCUT2D eigenvalue weighted by molar-refractivity contribution is 5.89. The molecule has 0 unspecified atom stereocenters. The first-order valence-electron chi connectivity index (χ1n) is 6.35. The fourth-order valence-electron chi connectivity index (χ4n) is 1.88. The zero-order valence-electron chi connectivity index (χ0n) is 11.4. The quantitative estimate of drug-likeness (QED) is 0.897. The van der Waals surface area contributed by atoms with E-state index in [1.807, 2.05) is 31.2 Å². The molecule has 0 aliphatic rings. The van der Waals surface area contributed by atoms with Gasteiger partial charge in [-0.3, -0.25) is 0 Å². The molecule has 0 aliphatic heterocycles. The lowest BCUT2D eigenvalue weighted by Gasteiger charge is -2.12. The summed E-state index contributed by atoms with van der Waals surface area (Å²) in [5, 5.41) is 9.00. The molecule has 0 amide bonds. The number of hydrogen-bond acceptors (Lipinski definition) is 3. The summed E-state index contributed by atoms with van der Waals surface area (Å²) in [7, 11) is 0. The minimum absolute atomic E-state index is 0.274. The van der Waals surface area contributed by atoms with Gasteiger partial charge >= 0.3 is 5.97 Å². The van der Waals surface area contributed by atoms with E-state index in [9.17, 15) is 4.79 Å². The fraction of sp³-hybridized carbons (Fsp3) is 0.188. The Morgan fingerprint density at radius 3 is 2.45 bits per heavy atom. The minimum Gasteiger partial charge on any atom is -0.490 e. The zero-order chi connectivity index (χ0) is 14.5. The molecule has 2 aromatic rings. The Bertz CT molecular complexity index is 620. The normalized spacial score (nSPS) is 10.1. The van der Waals surface area contributed by atoms with Crippen molar-refractivity contribution in [1.29, 1.82) is 0 Å². The lowest BCUT2D eigenvalue weighted by atomic mass is 10.1. The highest BCUT2D eigenvalue weighted by Gasteiger charge is 2.09. The fourth-order valence-corrected chi connectivity index (χ4v) is 1.88. The van der Waals surface area contributed by atoms with E-state index in [-0.39, 0.29) is 5.56 Å². The van der Waals surface area contributed by atoms with Gasteiger partial charge < -0.3 is 14.6 Å². The van der Waals surface area contributed by atoms with Crippen molar-refractivity contribution < 1.29 is 19.4 Å². The number of para-hydroxylation sites is 2. The van der Waals surface area contributed by atoms with E-state index in [2.05, 4.69) is 0 Å². The van der Waals surface area contributed by atoms with Crippen LogP contribution in [0.5, 0.6) is 17.2 Å². The molecule has 0 radical (unpaired) electrons. The van der Waals surface area contributed by atoms with Crippen molar-refractivity contribution in [2.24, 2.45) is 0 Å². The average molecular weight is 272 g/mol. The molecule has 2 aromatic carbocycles. The minimum atomic E-state index is -0.941. The van der Waals surface area contributed by atoms with Crippen LogP contribution in [0.2, 0.25) is 0 Å². The summed E-state index contributed by atoms with van der Waals surface area (Å²) < 4.78 is 11.2. The van der Waals surface area contributed by atoms with Crippen LogP contribution in [0, 0.1) is 6.92 Å². The zero-order valence-corrected chi connectivity index (χ0v) is 11.4. The van der Waals surface area contributed by atoms with Gasteiger partial charge in [0.2, 0.25) is 0 Å². The van der Waals surface area contributed by atoms with E-state index in [1.165, 1.54) is 6.07 Å². The first-order chi connectivity index (χ1) is 9.61. The van der Waals surface area contributed by atoms with Gasteiger partial charge in [0.15, 0.2) is 11.5 Å². The molecule has 2 rings (SSSR count). The topological polar surface area (TPSA) is 55.8 Å². The van der Waals surface area contributed by atoms with Crippen LogP contribution in [0.4, 0.5) is 0 Å². The second-order valence-corrected chi connectivity index (χ2v) is 4.26. The summed E-state index contributed by atoms with van der Waals surface area (Å²) in [6.45, 7) is 4.20. The van der Waals surface area contributed by atoms with E-state index in [0.717, 1.165) is 0 Å². The Balaban J connectivity index is 2.26. The van der Waals surface area contributed by atoms with Crippen LogP contribution >= 0.6 is 0 Å². The van der Waals surface area contributed by atoms with Crippen molar-refractivity contribution in [3.8, 4) is 17.2 Å². The molecule has 0 aliphatic carbocycles. The van der Waals surface area contributed by atoms with Crippen molar-refractivity contribution in [2.75, 3.05) is 6.61 Å². The molecule has 0 saturated carbocycles. The predicted molar refractivity (Wildman–Crippen MR) is 75.8 cm³/mol. The second kappa shape index (κ2) is 6.10. The van der Waals surface area contributed by atoms with Gasteiger partial charge in [-0.2, -0.15) is 0 Å². The monoisotopic (exact) mass is 272 g/mol. The van der Waals surface area contributed by atoms with Gasteiger partial charge in [0.25, 0.3) is 0 Å². The Morgan fingerprint density at radius 1 is 1.15 bits per heavy atom. The maximum absolute atomic E-state index is 11.0. The Kier molecular flexibility index (Phi) is 4.25. The van der Waals surface area contributed by atoms with E-state index in [4.69, 9.17) is 14.6 Å². The van der Waals surface area contributed by atoms with Crippen LogP contribution in [0.3, 0.4) is 0 Å². The largest absolute Gasteiger partial charge is 0.490 e. The molecule has 4 heteroatoms. The SMILES string of the molecule is CCOc1ccccc1Oc1ccc(C(=O)O)c(C)c1. The third-order valence-corrected chi connectivity index (χ3v) is 2.81. The highest BCUT2D eigenvalue weighted by atomic mass is 16.5. The van der Waals surface area contributed by atoms with E-state index in [1.54, 1.807) is 19.1 Å². The summed E-state index contributed by atoms with van der Waals surface area (Å²) >= 11 is 0. The number of carboxylic acids is 1. The van der Waals surface area contributed by atoms with Crippen LogP contribution < -0.4 is 9.47 Å². The van der Waals surface area contributed by atoms with Gasteiger partial charge in [0.1, 0.15) is 5.75 Å². The molecule has 104 valence electrons. The lowest BCUT2D eigenvalue weighted by Crippen LogP contribution is -2.00. The van der Waals surface area contributed by atoms with Crippen LogP contribution in [-0.2, 0) is 0 Å². The number of aromatic carboxylic acids is 1. The molecule has 0 spiro atoms. The maximum Gasteiger partial charge on any atom is 0.335 e. The molecule has 20 heavy (non-hydrogen) atoms. The molecule has 0 heterocycles. The number of aryl methyl sites for hydroxylation is 1. The molecule has 0 fully saturated rings.